The first-order valence-corrected chi connectivity index (χ1v) is 14.8. The van der Waals surface area contributed by atoms with Gasteiger partial charge >= 0.3 is 0 Å². The summed E-state index contributed by atoms with van der Waals surface area (Å²) < 4.78 is 20.9. The number of fused-ring (bicyclic) bond motifs is 2. The van der Waals surface area contributed by atoms with Crippen molar-refractivity contribution in [2.75, 3.05) is 36.9 Å². The molecule has 4 heterocycles. The van der Waals surface area contributed by atoms with E-state index in [0.29, 0.717) is 31.6 Å². The summed E-state index contributed by atoms with van der Waals surface area (Å²) in [5, 5.41) is 16.6. The highest BCUT2D eigenvalue weighted by Crippen LogP contribution is 2.31. The summed E-state index contributed by atoms with van der Waals surface area (Å²) >= 11 is 0. The minimum absolute atomic E-state index is 0.0364. The van der Waals surface area contributed by atoms with Crippen LogP contribution in [0.1, 0.15) is 36.5 Å². The number of halogens is 1. The van der Waals surface area contributed by atoms with Gasteiger partial charge in [0.25, 0.3) is 0 Å². The highest BCUT2D eigenvalue weighted by Gasteiger charge is 2.18. The highest BCUT2D eigenvalue weighted by molar-refractivity contribution is 5.98. The van der Waals surface area contributed by atoms with Gasteiger partial charge in [0.1, 0.15) is 0 Å². The first-order chi connectivity index (χ1) is 21.4. The maximum absolute atomic E-state index is 13.3. The molecule has 5 aromatic rings. The van der Waals surface area contributed by atoms with E-state index >= 15 is 0 Å². The second-order valence-electron chi connectivity index (χ2n) is 11.2. The Labute approximate surface area is 254 Å². The number of hydrogen-bond donors (Lipinski definition) is 3. The second kappa shape index (κ2) is 12.9. The number of Topliss-reactive ketones (excluding diaryl/α,β-unsaturated/α-hetero) is 1. The number of anilines is 2. The zero-order valence-electron chi connectivity index (χ0n) is 24.8. The number of rotatable bonds is 11. The van der Waals surface area contributed by atoms with Crippen LogP contribution in [0, 0.1) is 0 Å². The quantitative estimate of drug-likeness (QED) is 0.180. The third-order valence-electron chi connectivity index (χ3n) is 7.72. The van der Waals surface area contributed by atoms with Crippen LogP contribution in [-0.4, -0.2) is 62.7 Å². The molecule has 1 saturated heterocycles. The topological polar surface area (TPSA) is 118 Å². The summed E-state index contributed by atoms with van der Waals surface area (Å²) in [6.07, 6.45) is 3.59. The summed E-state index contributed by atoms with van der Waals surface area (Å²) in [4.78, 5) is 26.2. The number of ketones is 1. The number of hydrogen-bond acceptors (Lipinski definition) is 9. The van der Waals surface area contributed by atoms with Crippen molar-refractivity contribution < 1.29 is 13.9 Å². The maximum atomic E-state index is 13.3. The second-order valence-corrected chi connectivity index (χ2v) is 11.2. The number of nitrogens with zero attached hydrogens (tertiary/aromatic N) is 5. The largest absolute Gasteiger partial charge is 0.374 e. The Hall–Kier alpha value is -4.74. The van der Waals surface area contributed by atoms with Gasteiger partial charge in [-0.2, -0.15) is 19.6 Å². The molecule has 0 saturated carbocycles. The highest BCUT2D eigenvalue weighted by atomic mass is 19.1. The van der Waals surface area contributed by atoms with Gasteiger partial charge in [-0.1, -0.05) is 62.9 Å². The summed E-state index contributed by atoms with van der Waals surface area (Å²) in [7, 11) is 0. The zero-order chi connectivity index (χ0) is 30.6. The number of carbonyl (C=O) groups is 1. The SMILES string of the molecule is C=C(F)C(=O)Cc1ccc2c(-c3ccccc3CNc3nc(NC[C@@H]4CNCCO4)nc4c(C(C)C)cnn34)nccc2c1. The van der Waals surface area contributed by atoms with E-state index in [1.54, 1.807) is 10.7 Å². The zero-order valence-corrected chi connectivity index (χ0v) is 24.8. The molecule has 10 nitrogen and oxygen atoms in total. The van der Waals surface area contributed by atoms with Crippen molar-refractivity contribution in [3.05, 3.63) is 90.0 Å². The predicted octanol–water partition coefficient (Wildman–Crippen LogP) is 5.07. The Morgan fingerprint density at radius 1 is 1.18 bits per heavy atom. The summed E-state index contributed by atoms with van der Waals surface area (Å²) in [6.45, 7) is 10.7. The van der Waals surface area contributed by atoms with Crippen LogP contribution in [0.3, 0.4) is 0 Å². The fourth-order valence-electron chi connectivity index (χ4n) is 5.36. The van der Waals surface area contributed by atoms with Crippen LogP contribution in [0.4, 0.5) is 16.3 Å². The lowest BCUT2D eigenvalue weighted by Gasteiger charge is -2.23. The molecule has 226 valence electrons. The van der Waals surface area contributed by atoms with Crippen molar-refractivity contribution in [2.45, 2.75) is 38.8 Å². The first-order valence-electron chi connectivity index (χ1n) is 14.8. The molecule has 1 aliphatic rings. The van der Waals surface area contributed by atoms with E-state index in [1.165, 1.54) is 0 Å². The molecule has 3 N–H and O–H groups in total. The molecular formula is C33H35FN8O2. The lowest BCUT2D eigenvalue weighted by Crippen LogP contribution is -2.42. The van der Waals surface area contributed by atoms with Gasteiger partial charge in [0.05, 0.1) is 24.6 Å². The van der Waals surface area contributed by atoms with Crippen molar-refractivity contribution in [3.63, 3.8) is 0 Å². The number of morpholine rings is 1. The maximum Gasteiger partial charge on any atom is 0.229 e. The number of allylic oxidation sites excluding steroid dienone is 1. The Bertz CT molecular complexity index is 1830. The molecule has 0 spiro atoms. The third kappa shape index (κ3) is 6.29. The van der Waals surface area contributed by atoms with Crippen LogP contribution in [0.5, 0.6) is 0 Å². The Morgan fingerprint density at radius 3 is 2.84 bits per heavy atom. The van der Waals surface area contributed by atoms with Crippen LogP contribution in [0.2, 0.25) is 0 Å². The molecule has 6 rings (SSSR count). The lowest BCUT2D eigenvalue weighted by atomic mass is 9.97. The molecular weight excluding hydrogens is 559 g/mol. The standard InChI is InChI=1S/C33H35FN8O2/c1-20(2)28-19-39-42-31(28)40-32(37-18-25-17-35-12-13-44-25)41-33(42)38-16-24-6-4-5-7-26(24)30-27-9-8-22(15-29(43)21(3)34)14-23(27)10-11-36-30/h4-11,14,19-20,25,35H,3,12-13,15-18H2,1-2H3,(H2,37,38,40,41)/t25-/m0/s1. The third-order valence-corrected chi connectivity index (χ3v) is 7.72. The molecule has 1 fully saturated rings. The van der Waals surface area contributed by atoms with Crippen LogP contribution in [0.15, 0.2) is 73.3 Å². The molecule has 1 atom stereocenters. The monoisotopic (exact) mass is 594 g/mol. The Kier molecular flexibility index (Phi) is 8.58. The average molecular weight is 595 g/mol. The lowest BCUT2D eigenvalue weighted by molar-refractivity contribution is -0.116. The van der Waals surface area contributed by atoms with Gasteiger partial charge in [0, 0.05) is 55.3 Å². The number of benzene rings is 2. The molecule has 2 aromatic carbocycles. The van der Waals surface area contributed by atoms with Gasteiger partial charge in [-0.05, 0) is 28.5 Å². The van der Waals surface area contributed by atoms with E-state index in [4.69, 9.17) is 19.7 Å². The molecule has 0 bridgehead atoms. The van der Waals surface area contributed by atoms with E-state index < -0.39 is 11.6 Å². The molecule has 1 aliphatic heterocycles. The van der Waals surface area contributed by atoms with E-state index in [0.717, 1.165) is 57.5 Å². The van der Waals surface area contributed by atoms with Gasteiger partial charge in [-0.3, -0.25) is 9.78 Å². The van der Waals surface area contributed by atoms with Crippen LogP contribution >= 0.6 is 0 Å². The molecule has 0 unspecified atom stereocenters. The summed E-state index contributed by atoms with van der Waals surface area (Å²) in [5.74, 6) is -0.245. The number of aromatic nitrogens is 5. The Balaban J connectivity index is 1.29. The fraction of sp³-hybridized carbons (Fsp3) is 0.303. The van der Waals surface area contributed by atoms with Crippen LogP contribution in [0.25, 0.3) is 27.7 Å². The summed E-state index contributed by atoms with van der Waals surface area (Å²) in [6, 6.07) is 15.6. The first kappa shape index (κ1) is 29.3. The fourth-order valence-corrected chi connectivity index (χ4v) is 5.36. The number of carbonyl (C=O) groups excluding carboxylic acids is 1. The minimum Gasteiger partial charge on any atom is -0.374 e. The van der Waals surface area contributed by atoms with Crippen LogP contribution in [-0.2, 0) is 22.5 Å². The molecule has 3 aromatic heterocycles. The van der Waals surface area contributed by atoms with E-state index in [1.807, 2.05) is 48.7 Å². The molecule has 11 heteroatoms. The van der Waals surface area contributed by atoms with Crippen molar-refractivity contribution in [2.24, 2.45) is 0 Å². The van der Waals surface area contributed by atoms with E-state index in [2.05, 4.69) is 47.5 Å². The normalized spacial score (nSPS) is 15.1. The van der Waals surface area contributed by atoms with Gasteiger partial charge in [-0.15, -0.1) is 0 Å². The van der Waals surface area contributed by atoms with Crippen molar-refractivity contribution in [3.8, 4) is 11.3 Å². The molecule has 0 radical (unpaired) electrons. The van der Waals surface area contributed by atoms with Crippen LogP contribution < -0.4 is 16.0 Å². The Morgan fingerprint density at radius 2 is 2.05 bits per heavy atom. The predicted molar refractivity (Wildman–Crippen MR) is 169 cm³/mol. The van der Waals surface area contributed by atoms with Crippen molar-refractivity contribution >= 4 is 34.1 Å². The van der Waals surface area contributed by atoms with Gasteiger partial charge in [-0.25, -0.2) is 4.39 Å². The van der Waals surface area contributed by atoms with Crippen molar-refractivity contribution in [1.82, 2.24) is 29.9 Å². The molecule has 0 amide bonds. The van der Waals surface area contributed by atoms with Gasteiger partial charge < -0.3 is 20.7 Å². The van der Waals surface area contributed by atoms with E-state index in [-0.39, 0.29) is 18.4 Å². The molecule has 44 heavy (non-hydrogen) atoms. The van der Waals surface area contributed by atoms with E-state index in [9.17, 15) is 9.18 Å². The minimum atomic E-state index is -0.933. The average Bonchev–Trinajstić information content (AvgIpc) is 3.47. The summed E-state index contributed by atoms with van der Waals surface area (Å²) in [5.41, 5.74) is 5.28. The van der Waals surface area contributed by atoms with Gasteiger partial charge in [0.2, 0.25) is 11.9 Å². The number of pyridine rings is 1. The van der Waals surface area contributed by atoms with Crippen molar-refractivity contribution in [1.29, 1.82) is 0 Å². The van der Waals surface area contributed by atoms with Gasteiger partial charge in [0.15, 0.2) is 17.3 Å². The number of nitrogens with one attached hydrogen (secondary N) is 3. The number of ether oxygens (including phenoxy) is 1. The molecule has 0 aliphatic carbocycles. The smallest absolute Gasteiger partial charge is 0.229 e.